The van der Waals surface area contributed by atoms with Gasteiger partial charge in [0.1, 0.15) is 9.52 Å². The smallest absolute Gasteiger partial charge is 0.0631 e. The van der Waals surface area contributed by atoms with E-state index in [0.717, 1.165) is 0 Å². The van der Waals surface area contributed by atoms with Crippen molar-refractivity contribution in [3.05, 3.63) is 170 Å². The molecule has 0 fully saturated rings. The van der Waals surface area contributed by atoms with Crippen molar-refractivity contribution in [3.63, 3.8) is 0 Å². The Balaban J connectivity index is 1.43. The molecule has 0 aromatic heterocycles. The van der Waals surface area contributed by atoms with Crippen molar-refractivity contribution in [1.29, 1.82) is 0 Å². The van der Waals surface area contributed by atoms with E-state index in [1.54, 1.807) is 0 Å². The zero-order valence-corrected chi connectivity index (χ0v) is 24.7. The Morgan fingerprint density at radius 2 is 0.860 bits per heavy atom. The Bertz CT molecular complexity index is 2250. The van der Waals surface area contributed by atoms with Crippen LogP contribution in [0, 0.1) is 0 Å². The molecule has 0 aliphatic heterocycles. The topological polar surface area (TPSA) is 0 Å². The van der Waals surface area contributed by atoms with Crippen molar-refractivity contribution in [1.82, 2.24) is 0 Å². The lowest BCUT2D eigenvalue weighted by atomic mass is 9.85. The highest BCUT2D eigenvalue weighted by Gasteiger charge is 2.18. The first-order chi connectivity index (χ1) is 21.3. The van der Waals surface area contributed by atoms with E-state index in [-0.39, 0.29) is 0 Å². The van der Waals surface area contributed by atoms with Crippen LogP contribution in [0.3, 0.4) is 0 Å². The molecular formula is C42H28Si. The first-order valence-corrected chi connectivity index (χ1v) is 15.8. The van der Waals surface area contributed by atoms with E-state index in [9.17, 15) is 0 Å². The highest BCUT2D eigenvalue weighted by atomic mass is 28.2. The molecule has 0 saturated heterocycles. The normalized spacial score (nSPS) is 11.3. The molecule has 0 unspecified atom stereocenters. The van der Waals surface area contributed by atoms with Crippen LogP contribution in [0.1, 0.15) is 0 Å². The van der Waals surface area contributed by atoms with Gasteiger partial charge in [-0.15, -0.1) is 0 Å². The minimum absolute atomic E-state index is 0.598. The molecule has 1 heteroatoms. The maximum Gasteiger partial charge on any atom is 0.121 e. The van der Waals surface area contributed by atoms with Crippen LogP contribution in [0.4, 0.5) is 0 Å². The van der Waals surface area contributed by atoms with Crippen molar-refractivity contribution in [2.75, 3.05) is 0 Å². The first-order valence-electron chi connectivity index (χ1n) is 14.8. The highest BCUT2D eigenvalue weighted by molar-refractivity contribution is 6.67. The van der Waals surface area contributed by atoms with E-state index in [2.05, 4.69) is 170 Å². The van der Waals surface area contributed by atoms with Crippen molar-refractivity contribution >= 4 is 52.2 Å². The van der Waals surface area contributed by atoms with Crippen LogP contribution in [0.2, 0.25) is 0 Å². The Labute approximate surface area is 254 Å². The fraction of sp³-hybridized carbons (Fsp3) is 0. The van der Waals surface area contributed by atoms with E-state index >= 15 is 0 Å². The van der Waals surface area contributed by atoms with Crippen LogP contribution in [-0.4, -0.2) is 9.52 Å². The third-order valence-corrected chi connectivity index (χ3v) is 9.60. The largest absolute Gasteiger partial charge is 0.121 e. The number of rotatable bonds is 5. The van der Waals surface area contributed by atoms with Gasteiger partial charge in [-0.2, -0.15) is 0 Å². The van der Waals surface area contributed by atoms with Gasteiger partial charge >= 0.3 is 0 Å². The van der Waals surface area contributed by atoms with Crippen LogP contribution in [0.25, 0.3) is 65.7 Å². The third-order valence-electron chi connectivity index (χ3n) is 8.38. The number of fused-ring (bicyclic) bond motifs is 3. The molecule has 0 heterocycles. The molecule has 0 amide bonds. The highest BCUT2D eigenvalue weighted by Crippen LogP contribution is 2.44. The lowest BCUT2D eigenvalue weighted by Crippen LogP contribution is -2.26. The molecule has 0 aliphatic rings. The monoisotopic (exact) mass is 560 g/mol. The van der Waals surface area contributed by atoms with Gasteiger partial charge in [0.15, 0.2) is 0 Å². The molecule has 8 aromatic rings. The second-order valence-corrected chi connectivity index (χ2v) is 12.5. The fourth-order valence-electron chi connectivity index (χ4n) is 6.40. The second-order valence-electron chi connectivity index (χ2n) is 11.1. The van der Waals surface area contributed by atoms with Crippen LogP contribution >= 0.6 is 0 Å². The first kappa shape index (κ1) is 25.5. The van der Waals surface area contributed by atoms with Crippen LogP contribution in [0.15, 0.2) is 170 Å². The molecule has 8 aromatic carbocycles. The molecule has 0 atom stereocenters. The van der Waals surface area contributed by atoms with Gasteiger partial charge in [-0.1, -0.05) is 168 Å². The standard InChI is InChI=1S/C42H28Si/c1-3-12-29(13-4-1)32-16-11-17-33(26-32)41-37-20-9-10-21-38(37)42(34-23-22-30-14-7-8-15-31(30)27-34)40-28-36(24-25-39(40)41)43-35-18-5-2-6-19-35/h1-28H. The maximum absolute atomic E-state index is 2.45. The molecule has 8 rings (SSSR count). The summed E-state index contributed by atoms with van der Waals surface area (Å²) < 4.78 is 0. The molecule has 0 saturated carbocycles. The summed E-state index contributed by atoms with van der Waals surface area (Å²) in [6.45, 7) is 0. The summed E-state index contributed by atoms with van der Waals surface area (Å²) in [6, 6.07) is 62.2. The number of hydrogen-bond acceptors (Lipinski definition) is 0. The van der Waals surface area contributed by atoms with Gasteiger partial charge in [-0.25, -0.2) is 0 Å². The number of hydrogen-bond donors (Lipinski definition) is 0. The fourth-order valence-corrected chi connectivity index (χ4v) is 7.47. The Hall–Kier alpha value is -5.24. The van der Waals surface area contributed by atoms with Gasteiger partial charge in [0.05, 0.1) is 0 Å². The summed E-state index contributed by atoms with van der Waals surface area (Å²) in [7, 11) is 0.598. The van der Waals surface area contributed by atoms with E-state index in [4.69, 9.17) is 0 Å². The van der Waals surface area contributed by atoms with Crippen LogP contribution in [0.5, 0.6) is 0 Å². The lowest BCUT2D eigenvalue weighted by molar-refractivity contribution is 1.61. The average molecular weight is 561 g/mol. The van der Waals surface area contributed by atoms with Gasteiger partial charge in [-0.05, 0) is 77.8 Å². The minimum Gasteiger partial charge on any atom is -0.0631 e. The van der Waals surface area contributed by atoms with E-state index in [0.29, 0.717) is 9.52 Å². The lowest BCUT2D eigenvalue weighted by Gasteiger charge is -2.19. The quantitative estimate of drug-likeness (QED) is 0.145. The van der Waals surface area contributed by atoms with Crippen LogP contribution in [-0.2, 0) is 0 Å². The van der Waals surface area contributed by atoms with Crippen molar-refractivity contribution < 1.29 is 0 Å². The van der Waals surface area contributed by atoms with E-state index < -0.39 is 0 Å². The minimum atomic E-state index is 0.598. The third kappa shape index (κ3) is 4.74. The summed E-state index contributed by atoms with van der Waals surface area (Å²) >= 11 is 0. The summed E-state index contributed by atoms with van der Waals surface area (Å²) in [5, 5.41) is 10.4. The average Bonchev–Trinajstić information content (AvgIpc) is 3.08. The molecule has 0 spiro atoms. The predicted octanol–water partition coefficient (Wildman–Crippen LogP) is 9.80. The molecule has 0 bridgehead atoms. The summed E-state index contributed by atoms with van der Waals surface area (Å²) in [5.74, 6) is 0. The SMILES string of the molecule is c1ccc([Si]c2ccc3c(-c4cccc(-c5ccccc5)c4)c4ccccc4c(-c4ccc5ccccc5c4)c3c2)cc1. The van der Waals surface area contributed by atoms with Gasteiger partial charge < -0.3 is 0 Å². The summed E-state index contributed by atoms with van der Waals surface area (Å²) in [4.78, 5) is 0. The van der Waals surface area contributed by atoms with E-state index in [1.807, 2.05) is 0 Å². The van der Waals surface area contributed by atoms with Crippen molar-refractivity contribution in [3.8, 4) is 33.4 Å². The molecular weight excluding hydrogens is 533 g/mol. The molecule has 200 valence electrons. The van der Waals surface area contributed by atoms with Crippen molar-refractivity contribution in [2.24, 2.45) is 0 Å². The zero-order valence-electron chi connectivity index (χ0n) is 23.7. The zero-order chi connectivity index (χ0) is 28.6. The van der Waals surface area contributed by atoms with Gasteiger partial charge in [0, 0.05) is 0 Å². The van der Waals surface area contributed by atoms with Crippen LogP contribution < -0.4 is 10.4 Å². The summed E-state index contributed by atoms with van der Waals surface area (Å²) in [5.41, 5.74) is 7.56. The molecule has 0 nitrogen and oxygen atoms in total. The predicted molar refractivity (Wildman–Crippen MR) is 187 cm³/mol. The summed E-state index contributed by atoms with van der Waals surface area (Å²) in [6.07, 6.45) is 0. The number of benzene rings is 8. The molecule has 2 radical (unpaired) electrons. The van der Waals surface area contributed by atoms with Gasteiger partial charge in [0.25, 0.3) is 0 Å². The Morgan fingerprint density at radius 1 is 0.279 bits per heavy atom. The van der Waals surface area contributed by atoms with Gasteiger partial charge in [-0.3, -0.25) is 0 Å². The maximum atomic E-state index is 2.45. The Morgan fingerprint density at radius 3 is 1.65 bits per heavy atom. The second kappa shape index (κ2) is 10.9. The molecule has 43 heavy (non-hydrogen) atoms. The van der Waals surface area contributed by atoms with Gasteiger partial charge in [0.2, 0.25) is 0 Å². The Kier molecular flexibility index (Phi) is 6.44. The van der Waals surface area contributed by atoms with Crippen molar-refractivity contribution in [2.45, 2.75) is 0 Å². The molecule has 0 N–H and O–H groups in total. The molecule has 0 aliphatic carbocycles. The van der Waals surface area contributed by atoms with E-state index in [1.165, 1.54) is 76.1 Å².